The monoisotopic (exact) mass is 372 g/mol. The highest BCUT2D eigenvalue weighted by Crippen LogP contribution is 2.30. The fourth-order valence-electron chi connectivity index (χ4n) is 3.08. The highest BCUT2D eigenvalue weighted by atomic mass is 35.5. The average Bonchev–Trinajstić information content (AvgIpc) is 3.17. The number of nitrogens with one attached hydrogen (secondary N) is 1. The summed E-state index contributed by atoms with van der Waals surface area (Å²) in [6, 6.07) is 9.00. The molecule has 126 valence electrons. The van der Waals surface area contributed by atoms with E-state index in [9.17, 15) is 4.79 Å². The normalized spacial score (nSPS) is 13.6. The van der Waals surface area contributed by atoms with Gasteiger partial charge in [-0.05, 0) is 30.7 Å². The number of hydrogen-bond donors (Lipinski definition) is 1. The topological polar surface area (TPSA) is 61.9 Å². The van der Waals surface area contributed by atoms with Crippen molar-refractivity contribution in [2.75, 3.05) is 6.54 Å². The van der Waals surface area contributed by atoms with Gasteiger partial charge in [0.25, 0.3) is 5.91 Å². The van der Waals surface area contributed by atoms with Crippen LogP contribution >= 0.6 is 23.2 Å². The van der Waals surface area contributed by atoms with Crippen molar-refractivity contribution < 1.29 is 4.79 Å². The Morgan fingerprint density at radius 2 is 2.04 bits per heavy atom. The van der Waals surface area contributed by atoms with Crippen LogP contribution in [0.4, 0.5) is 0 Å². The van der Waals surface area contributed by atoms with Gasteiger partial charge in [-0.1, -0.05) is 29.3 Å². The van der Waals surface area contributed by atoms with E-state index in [0.29, 0.717) is 30.1 Å². The predicted octanol–water partition coefficient (Wildman–Crippen LogP) is 3.98. The number of fused-ring (bicyclic) bond motifs is 1. The van der Waals surface area contributed by atoms with Gasteiger partial charge in [0, 0.05) is 18.3 Å². The second kappa shape index (κ2) is 6.50. The summed E-state index contributed by atoms with van der Waals surface area (Å²) in [5, 5.41) is 0.663. The molecule has 4 rings (SSSR count). The van der Waals surface area contributed by atoms with Gasteiger partial charge in [-0.15, -0.1) is 0 Å². The lowest BCUT2D eigenvalue weighted by Gasteiger charge is -2.29. The second-order valence-electron chi connectivity index (χ2n) is 5.81. The van der Waals surface area contributed by atoms with Crippen LogP contribution in [0.2, 0.25) is 10.0 Å². The number of amides is 1. The fraction of sp³-hybridized carbons (Fsp3) is 0.167. The van der Waals surface area contributed by atoms with Gasteiger partial charge in [-0.2, -0.15) is 0 Å². The molecule has 0 saturated carbocycles. The molecule has 2 aromatic heterocycles. The number of H-pyrrole nitrogens is 1. The minimum absolute atomic E-state index is 0.141. The first-order valence-electron chi connectivity index (χ1n) is 7.85. The number of carbonyl (C=O) groups is 1. The third kappa shape index (κ3) is 2.90. The summed E-state index contributed by atoms with van der Waals surface area (Å²) < 4.78 is 0. The van der Waals surface area contributed by atoms with Crippen LogP contribution in [-0.2, 0) is 13.0 Å². The number of aromatic nitrogens is 3. The zero-order valence-corrected chi connectivity index (χ0v) is 14.7. The molecule has 1 aliphatic heterocycles. The molecule has 3 heterocycles. The Morgan fingerprint density at radius 3 is 2.84 bits per heavy atom. The van der Waals surface area contributed by atoms with Gasteiger partial charge < -0.3 is 9.88 Å². The Morgan fingerprint density at radius 1 is 1.16 bits per heavy atom. The van der Waals surface area contributed by atoms with E-state index in [1.807, 2.05) is 18.3 Å². The van der Waals surface area contributed by atoms with E-state index in [0.717, 1.165) is 22.6 Å². The van der Waals surface area contributed by atoms with Crippen LogP contribution in [0.5, 0.6) is 0 Å². The van der Waals surface area contributed by atoms with E-state index >= 15 is 0 Å². The van der Waals surface area contributed by atoms with Crippen molar-refractivity contribution in [1.29, 1.82) is 0 Å². The average molecular weight is 373 g/mol. The Balaban J connectivity index is 1.65. The van der Waals surface area contributed by atoms with Gasteiger partial charge in [-0.25, -0.2) is 9.97 Å². The standard InChI is InChI=1S/C18H14Cl2N4O/c19-13-4-1-3-12(16(13)20)18(25)24-8-6-11-15(9-24)22-10-23-17(11)14-5-2-7-21-14/h1-5,7,10,21H,6,8-9H2. The molecule has 0 bridgehead atoms. The quantitative estimate of drug-likeness (QED) is 0.739. The molecule has 0 saturated heterocycles. The first-order valence-corrected chi connectivity index (χ1v) is 8.60. The lowest BCUT2D eigenvalue weighted by Crippen LogP contribution is -2.37. The molecule has 0 aliphatic carbocycles. The number of aromatic amines is 1. The highest BCUT2D eigenvalue weighted by molar-refractivity contribution is 6.43. The van der Waals surface area contributed by atoms with E-state index in [2.05, 4.69) is 15.0 Å². The van der Waals surface area contributed by atoms with Crippen LogP contribution in [-0.4, -0.2) is 32.3 Å². The molecule has 0 radical (unpaired) electrons. The zero-order valence-electron chi connectivity index (χ0n) is 13.2. The maximum Gasteiger partial charge on any atom is 0.255 e. The van der Waals surface area contributed by atoms with Crippen molar-refractivity contribution >= 4 is 29.1 Å². The largest absolute Gasteiger partial charge is 0.360 e. The summed E-state index contributed by atoms with van der Waals surface area (Å²) in [6.07, 6.45) is 4.09. The van der Waals surface area contributed by atoms with Gasteiger partial charge in [0.15, 0.2) is 0 Å². The smallest absolute Gasteiger partial charge is 0.255 e. The minimum Gasteiger partial charge on any atom is -0.360 e. The summed E-state index contributed by atoms with van der Waals surface area (Å²) in [4.78, 5) is 26.5. The summed E-state index contributed by atoms with van der Waals surface area (Å²) >= 11 is 12.2. The number of benzene rings is 1. The third-order valence-corrected chi connectivity index (χ3v) is 5.15. The number of nitrogens with zero attached hydrogens (tertiary/aromatic N) is 3. The molecule has 0 unspecified atom stereocenters. The summed E-state index contributed by atoms with van der Waals surface area (Å²) in [6.45, 7) is 1.00. The van der Waals surface area contributed by atoms with Crippen LogP contribution in [0.1, 0.15) is 21.6 Å². The van der Waals surface area contributed by atoms with Gasteiger partial charge in [-0.3, -0.25) is 4.79 Å². The first kappa shape index (κ1) is 16.1. The molecule has 25 heavy (non-hydrogen) atoms. The maximum absolute atomic E-state index is 12.8. The summed E-state index contributed by atoms with van der Waals surface area (Å²) in [7, 11) is 0. The Bertz CT molecular complexity index is 940. The van der Waals surface area contributed by atoms with E-state index in [1.54, 1.807) is 23.1 Å². The molecule has 0 fully saturated rings. The maximum atomic E-state index is 12.8. The minimum atomic E-state index is -0.141. The van der Waals surface area contributed by atoms with Crippen molar-refractivity contribution in [2.45, 2.75) is 13.0 Å². The molecule has 1 N–H and O–H groups in total. The Hall–Kier alpha value is -2.37. The third-order valence-electron chi connectivity index (χ3n) is 4.33. The summed E-state index contributed by atoms with van der Waals surface area (Å²) in [5.41, 5.74) is 4.19. The van der Waals surface area contributed by atoms with Crippen LogP contribution in [0.3, 0.4) is 0 Å². The Kier molecular flexibility index (Phi) is 4.19. The van der Waals surface area contributed by atoms with Crippen molar-refractivity contribution in [1.82, 2.24) is 19.9 Å². The molecule has 5 nitrogen and oxygen atoms in total. The molecule has 0 atom stereocenters. The van der Waals surface area contributed by atoms with Gasteiger partial charge in [0.1, 0.15) is 6.33 Å². The molecule has 1 aromatic carbocycles. The van der Waals surface area contributed by atoms with E-state index in [-0.39, 0.29) is 10.9 Å². The molecule has 1 amide bonds. The number of halogens is 2. The fourth-order valence-corrected chi connectivity index (χ4v) is 3.46. The summed E-state index contributed by atoms with van der Waals surface area (Å²) in [5.74, 6) is -0.141. The number of rotatable bonds is 2. The molecular weight excluding hydrogens is 359 g/mol. The van der Waals surface area contributed by atoms with Gasteiger partial charge in [0.2, 0.25) is 0 Å². The van der Waals surface area contributed by atoms with Crippen molar-refractivity contribution in [3.8, 4) is 11.4 Å². The number of hydrogen-bond acceptors (Lipinski definition) is 3. The zero-order chi connectivity index (χ0) is 17.4. The number of carbonyl (C=O) groups excluding carboxylic acids is 1. The van der Waals surface area contributed by atoms with Crippen LogP contribution in [0.15, 0.2) is 42.9 Å². The van der Waals surface area contributed by atoms with Crippen molar-refractivity contribution in [3.63, 3.8) is 0 Å². The highest BCUT2D eigenvalue weighted by Gasteiger charge is 2.27. The second-order valence-corrected chi connectivity index (χ2v) is 6.59. The predicted molar refractivity (Wildman–Crippen MR) is 96.7 cm³/mol. The van der Waals surface area contributed by atoms with Crippen LogP contribution in [0, 0.1) is 0 Å². The van der Waals surface area contributed by atoms with Gasteiger partial charge in [0.05, 0.1) is 39.2 Å². The first-order chi connectivity index (χ1) is 12.1. The van der Waals surface area contributed by atoms with Crippen LogP contribution < -0.4 is 0 Å². The Labute approximate surface area is 154 Å². The van der Waals surface area contributed by atoms with E-state index < -0.39 is 0 Å². The SMILES string of the molecule is O=C(c1cccc(Cl)c1Cl)N1CCc2c(ncnc2-c2ccc[nH]2)C1. The van der Waals surface area contributed by atoms with Crippen LogP contribution in [0.25, 0.3) is 11.4 Å². The van der Waals surface area contributed by atoms with Crippen molar-refractivity contribution in [3.05, 3.63) is 69.7 Å². The molecule has 0 spiro atoms. The molecule has 7 heteroatoms. The lowest BCUT2D eigenvalue weighted by atomic mass is 10.0. The van der Waals surface area contributed by atoms with E-state index in [4.69, 9.17) is 23.2 Å². The van der Waals surface area contributed by atoms with E-state index in [1.165, 1.54) is 6.33 Å². The molecule has 1 aliphatic rings. The van der Waals surface area contributed by atoms with Crippen molar-refractivity contribution in [2.24, 2.45) is 0 Å². The molecular formula is C18H14Cl2N4O. The van der Waals surface area contributed by atoms with Gasteiger partial charge >= 0.3 is 0 Å². The lowest BCUT2D eigenvalue weighted by molar-refractivity contribution is 0.0732. The molecule has 3 aromatic rings.